The summed E-state index contributed by atoms with van der Waals surface area (Å²) in [4.78, 5) is 26.5. The van der Waals surface area contributed by atoms with Crippen LogP contribution in [0, 0.1) is 0 Å². The molecule has 0 saturated carbocycles. The molecule has 114 valence electrons. The van der Waals surface area contributed by atoms with E-state index in [9.17, 15) is 18.0 Å². The Balaban J connectivity index is 2.35. The molecular weight excluding hydrogens is 280 g/mol. The van der Waals surface area contributed by atoms with Gasteiger partial charge >= 0.3 is 0 Å². The van der Waals surface area contributed by atoms with Gasteiger partial charge in [-0.15, -0.1) is 0 Å². The summed E-state index contributed by atoms with van der Waals surface area (Å²) in [7, 11) is -3.09. The van der Waals surface area contributed by atoms with E-state index >= 15 is 0 Å². The summed E-state index contributed by atoms with van der Waals surface area (Å²) in [5, 5.41) is 2.79. The third-order valence-corrected chi connectivity index (χ3v) is 6.19. The second-order valence-electron chi connectivity index (χ2n) is 5.87. The maximum atomic E-state index is 12.7. The highest BCUT2D eigenvalue weighted by molar-refractivity contribution is 7.91. The van der Waals surface area contributed by atoms with Gasteiger partial charge in [-0.05, 0) is 26.2 Å². The number of sulfone groups is 1. The molecule has 2 rings (SSSR count). The molecule has 2 aliphatic rings. The molecule has 2 saturated heterocycles. The van der Waals surface area contributed by atoms with Gasteiger partial charge in [0.25, 0.3) is 0 Å². The zero-order valence-corrected chi connectivity index (χ0v) is 13.0. The zero-order chi connectivity index (χ0) is 15.1. The fraction of sp³-hybridized carbons (Fsp3) is 0.846. The highest BCUT2D eigenvalue weighted by Crippen LogP contribution is 2.29. The normalized spacial score (nSPS) is 37.0. The Morgan fingerprint density at radius 1 is 1.35 bits per heavy atom. The standard InChI is InChI=1S/C13H22N2O4S/c1-4-10-11(16)14-13(3,5-2)12(17)15(10)9-6-7-20(18,19)8-9/h9-10H,4-8H2,1-3H3,(H,14,16). The monoisotopic (exact) mass is 302 g/mol. The highest BCUT2D eigenvalue weighted by atomic mass is 32.2. The van der Waals surface area contributed by atoms with Crippen LogP contribution in [-0.4, -0.2) is 54.3 Å². The molecular formula is C13H22N2O4S. The van der Waals surface area contributed by atoms with Crippen molar-refractivity contribution in [2.45, 2.75) is 57.7 Å². The van der Waals surface area contributed by atoms with Gasteiger partial charge in [0.1, 0.15) is 11.6 Å². The third-order valence-electron chi connectivity index (χ3n) is 4.44. The molecule has 2 amide bonds. The van der Waals surface area contributed by atoms with Gasteiger partial charge in [-0.3, -0.25) is 9.59 Å². The van der Waals surface area contributed by atoms with E-state index in [1.54, 1.807) is 6.92 Å². The Morgan fingerprint density at radius 3 is 2.45 bits per heavy atom. The van der Waals surface area contributed by atoms with Crippen molar-refractivity contribution >= 4 is 21.7 Å². The molecule has 0 bridgehead atoms. The summed E-state index contributed by atoms with van der Waals surface area (Å²) in [5.41, 5.74) is -0.922. The summed E-state index contributed by atoms with van der Waals surface area (Å²) in [5.74, 6) is -0.265. The first-order valence-corrected chi connectivity index (χ1v) is 8.91. The predicted molar refractivity (Wildman–Crippen MR) is 74.8 cm³/mol. The van der Waals surface area contributed by atoms with Gasteiger partial charge in [-0.1, -0.05) is 13.8 Å². The molecule has 6 nitrogen and oxygen atoms in total. The first-order valence-electron chi connectivity index (χ1n) is 7.09. The Kier molecular flexibility index (Phi) is 3.83. The van der Waals surface area contributed by atoms with Gasteiger partial charge in [0.05, 0.1) is 11.5 Å². The SMILES string of the molecule is CCC1C(=O)NC(C)(CC)C(=O)N1C1CCS(=O)(=O)C1. The first-order chi connectivity index (χ1) is 9.24. The fourth-order valence-corrected chi connectivity index (χ4v) is 4.71. The molecule has 2 aliphatic heterocycles. The van der Waals surface area contributed by atoms with Gasteiger partial charge in [0.2, 0.25) is 11.8 Å². The third kappa shape index (κ3) is 2.43. The molecule has 20 heavy (non-hydrogen) atoms. The summed E-state index contributed by atoms with van der Waals surface area (Å²) in [6.07, 6.45) is 1.41. The van der Waals surface area contributed by atoms with Crippen molar-refractivity contribution in [2.75, 3.05) is 11.5 Å². The topological polar surface area (TPSA) is 83.6 Å². The number of amides is 2. The lowest BCUT2D eigenvalue weighted by atomic mass is 9.90. The molecule has 0 aliphatic carbocycles. The minimum atomic E-state index is -3.09. The molecule has 0 aromatic heterocycles. The van der Waals surface area contributed by atoms with Gasteiger partial charge < -0.3 is 10.2 Å². The van der Waals surface area contributed by atoms with Crippen LogP contribution < -0.4 is 5.32 Å². The summed E-state index contributed by atoms with van der Waals surface area (Å²) >= 11 is 0. The summed E-state index contributed by atoms with van der Waals surface area (Å²) in [6, 6.07) is -0.921. The average Bonchev–Trinajstić information content (AvgIpc) is 2.73. The minimum Gasteiger partial charge on any atom is -0.340 e. The van der Waals surface area contributed by atoms with Crippen molar-refractivity contribution in [3.63, 3.8) is 0 Å². The Hall–Kier alpha value is -1.11. The molecule has 3 atom stereocenters. The second kappa shape index (κ2) is 5.02. The molecule has 0 radical (unpaired) electrons. The van der Waals surface area contributed by atoms with E-state index in [0.29, 0.717) is 19.3 Å². The van der Waals surface area contributed by atoms with Gasteiger partial charge in [0, 0.05) is 6.04 Å². The van der Waals surface area contributed by atoms with Crippen LogP contribution >= 0.6 is 0 Å². The largest absolute Gasteiger partial charge is 0.340 e. The van der Waals surface area contributed by atoms with E-state index in [4.69, 9.17) is 0 Å². The van der Waals surface area contributed by atoms with Crippen molar-refractivity contribution in [2.24, 2.45) is 0 Å². The van der Waals surface area contributed by atoms with Crippen LogP contribution in [0.15, 0.2) is 0 Å². The molecule has 7 heteroatoms. The average molecular weight is 302 g/mol. The van der Waals surface area contributed by atoms with E-state index in [1.165, 1.54) is 4.90 Å². The smallest absolute Gasteiger partial charge is 0.248 e. The lowest BCUT2D eigenvalue weighted by Crippen LogP contribution is -2.70. The molecule has 2 heterocycles. The number of hydrogen-bond acceptors (Lipinski definition) is 4. The number of rotatable bonds is 3. The van der Waals surface area contributed by atoms with Gasteiger partial charge in [0.15, 0.2) is 9.84 Å². The van der Waals surface area contributed by atoms with Crippen molar-refractivity contribution in [1.29, 1.82) is 0 Å². The maximum absolute atomic E-state index is 12.7. The Bertz CT molecular complexity index is 530. The van der Waals surface area contributed by atoms with Gasteiger partial charge in [-0.25, -0.2) is 8.42 Å². The first kappa shape index (κ1) is 15.3. The van der Waals surface area contributed by atoms with E-state index in [2.05, 4.69) is 5.32 Å². The quantitative estimate of drug-likeness (QED) is 0.800. The van der Waals surface area contributed by atoms with Crippen molar-refractivity contribution < 1.29 is 18.0 Å². The zero-order valence-electron chi connectivity index (χ0n) is 12.2. The van der Waals surface area contributed by atoms with Gasteiger partial charge in [-0.2, -0.15) is 0 Å². The van der Waals surface area contributed by atoms with Crippen LogP contribution in [0.5, 0.6) is 0 Å². The van der Waals surface area contributed by atoms with E-state index in [0.717, 1.165) is 0 Å². The molecule has 0 aromatic rings. The van der Waals surface area contributed by atoms with Crippen molar-refractivity contribution in [3.8, 4) is 0 Å². The van der Waals surface area contributed by atoms with Crippen LogP contribution in [0.2, 0.25) is 0 Å². The lowest BCUT2D eigenvalue weighted by molar-refractivity contribution is -0.157. The maximum Gasteiger partial charge on any atom is 0.248 e. The number of piperazine rings is 1. The molecule has 0 aromatic carbocycles. The molecule has 2 fully saturated rings. The highest BCUT2D eigenvalue weighted by Gasteiger charge is 2.50. The van der Waals surface area contributed by atoms with E-state index in [-0.39, 0.29) is 29.4 Å². The Morgan fingerprint density at radius 2 is 2.00 bits per heavy atom. The molecule has 0 spiro atoms. The minimum absolute atomic E-state index is 0.0255. The number of carbonyl (C=O) groups is 2. The predicted octanol–water partition coefficient (Wildman–Crippen LogP) is 0.0792. The summed E-state index contributed by atoms with van der Waals surface area (Å²) < 4.78 is 23.3. The molecule has 1 N–H and O–H groups in total. The van der Waals surface area contributed by atoms with Crippen LogP contribution in [0.1, 0.15) is 40.0 Å². The number of nitrogens with zero attached hydrogens (tertiary/aromatic N) is 1. The van der Waals surface area contributed by atoms with Crippen molar-refractivity contribution in [3.05, 3.63) is 0 Å². The molecule has 3 unspecified atom stereocenters. The number of carbonyl (C=O) groups excluding carboxylic acids is 2. The Labute approximate surface area is 119 Å². The van der Waals surface area contributed by atoms with Crippen LogP contribution in [-0.2, 0) is 19.4 Å². The van der Waals surface area contributed by atoms with E-state index < -0.39 is 21.4 Å². The van der Waals surface area contributed by atoms with Crippen LogP contribution in [0.4, 0.5) is 0 Å². The number of hydrogen-bond donors (Lipinski definition) is 1. The van der Waals surface area contributed by atoms with Crippen molar-refractivity contribution in [1.82, 2.24) is 10.2 Å². The fourth-order valence-electron chi connectivity index (χ4n) is 3.00. The number of nitrogens with one attached hydrogen (secondary N) is 1. The lowest BCUT2D eigenvalue weighted by Gasteiger charge is -2.46. The summed E-state index contributed by atoms with van der Waals surface area (Å²) in [6.45, 7) is 5.38. The van der Waals surface area contributed by atoms with Crippen LogP contribution in [0.3, 0.4) is 0 Å². The van der Waals surface area contributed by atoms with E-state index in [1.807, 2.05) is 13.8 Å². The second-order valence-corrected chi connectivity index (χ2v) is 8.10. The van der Waals surface area contributed by atoms with Crippen LogP contribution in [0.25, 0.3) is 0 Å².